The van der Waals surface area contributed by atoms with Crippen molar-refractivity contribution in [2.45, 2.75) is 26.2 Å². The molecule has 0 aliphatic carbocycles. The average Bonchev–Trinajstić information content (AvgIpc) is 2.97. The Morgan fingerprint density at radius 1 is 1.32 bits per heavy atom. The normalized spacial score (nSPS) is 11.6. The molecule has 22 heavy (non-hydrogen) atoms. The van der Waals surface area contributed by atoms with Crippen molar-refractivity contribution in [2.75, 3.05) is 13.1 Å². The van der Waals surface area contributed by atoms with Gasteiger partial charge in [-0.15, -0.1) is 0 Å². The molecule has 0 saturated carbocycles. The van der Waals surface area contributed by atoms with E-state index in [1.54, 1.807) is 16.8 Å². The number of unbranched alkanes of at least 4 members (excludes halogenated alkanes) is 1. The third-order valence-electron chi connectivity index (χ3n) is 3.22. The summed E-state index contributed by atoms with van der Waals surface area (Å²) < 4.78 is 14.6. The van der Waals surface area contributed by atoms with Gasteiger partial charge in [0.25, 0.3) is 0 Å². The Morgan fingerprint density at radius 2 is 2.09 bits per heavy atom. The van der Waals surface area contributed by atoms with E-state index >= 15 is 0 Å². The van der Waals surface area contributed by atoms with E-state index in [2.05, 4.69) is 22.3 Å². The van der Waals surface area contributed by atoms with E-state index in [4.69, 9.17) is 5.73 Å². The SMILES string of the molecule is CCCCN=C(N)NCCc1ccn(-c2ccc(F)cc2)n1. The zero-order valence-corrected chi connectivity index (χ0v) is 12.8. The maximum Gasteiger partial charge on any atom is 0.188 e. The minimum atomic E-state index is -0.252. The highest BCUT2D eigenvalue weighted by atomic mass is 19.1. The molecule has 3 N–H and O–H groups in total. The molecule has 2 aromatic rings. The Balaban J connectivity index is 1.82. The molecule has 5 nitrogen and oxygen atoms in total. The number of guanidine groups is 1. The lowest BCUT2D eigenvalue weighted by molar-refractivity contribution is 0.627. The smallest absolute Gasteiger partial charge is 0.188 e. The van der Waals surface area contributed by atoms with Crippen molar-refractivity contribution in [2.24, 2.45) is 10.7 Å². The molecule has 1 heterocycles. The van der Waals surface area contributed by atoms with Crippen LogP contribution in [0.15, 0.2) is 41.5 Å². The van der Waals surface area contributed by atoms with Gasteiger partial charge in [-0.2, -0.15) is 5.10 Å². The summed E-state index contributed by atoms with van der Waals surface area (Å²) in [7, 11) is 0. The Kier molecular flexibility index (Phi) is 5.94. The van der Waals surface area contributed by atoms with Crippen LogP contribution in [0, 0.1) is 5.82 Å². The van der Waals surface area contributed by atoms with Gasteiger partial charge in [-0.25, -0.2) is 9.07 Å². The quantitative estimate of drug-likeness (QED) is 0.468. The highest BCUT2D eigenvalue weighted by Crippen LogP contribution is 2.09. The zero-order chi connectivity index (χ0) is 15.8. The molecule has 0 amide bonds. The summed E-state index contributed by atoms with van der Waals surface area (Å²) in [5.74, 6) is 0.226. The first kappa shape index (κ1) is 16.0. The second-order valence-corrected chi connectivity index (χ2v) is 5.03. The molecule has 0 fully saturated rings. The number of nitrogens with two attached hydrogens (primary N) is 1. The van der Waals surface area contributed by atoms with Crippen LogP contribution in [0.1, 0.15) is 25.5 Å². The Labute approximate surface area is 130 Å². The molecule has 0 bridgehead atoms. The molecule has 0 unspecified atom stereocenters. The molecule has 6 heteroatoms. The van der Waals surface area contributed by atoms with Gasteiger partial charge in [-0.05, 0) is 36.8 Å². The lowest BCUT2D eigenvalue weighted by Crippen LogP contribution is -2.33. The van der Waals surface area contributed by atoms with Gasteiger partial charge >= 0.3 is 0 Å². The summed E-state index contributed by atoms with van der Waals surface area (Å²) in [5.41, 5.74) is 7.54. The molecular weight excluding hydrogens is 281 g/mol. The van der Waals surface area contributed by atoms with Crippen molar-refractivity contribution < 1.29 is 4.39 Å². The van der Waals surface area contributed by atoms with E-state index in [9.17, 15) is 4.39 Å². The summed E-state index contributed by atoms with van der Waals surface area (Å²) in [4.78, 5) is 4.23. The lowest BCUT2D eigenvalue weighted by Gasteiger charge is -2.04. The summed E-state index contributed by atoms with van der Waals surface area (Å²) >= 11 is 0. The molecule has 1 aromatic carbocycles. The van der Waals surface area contributed by atoms with Crippen LogP contribution in [0.4, 0.5) is 4.39 Å². The van der Waals surface area contributed by atoms with Crippen LogP contribution in [-0.4, -0.2) is 28.8 Å². The number of aromatic nitrogens is 2. The Bertz CT molecular complexity index is 603. The highest BCUT2D eigenvalue weighted by molar-refractivity contribution is 5.77. The fourth-order valence-electron chi connectivity index (χ4n) is 1.96. The van der Waals surface area contributed by atoms with Gasteiger partial charge in [0.1, 0.15) is 5.82 Å². The van der Waals surface area contributed by atoms with Gasteiger partial charge in [0.05, 0.1) is 11.4 Å². The molecule has 0 atom stereocenters. The van der Waals surface area contributed by atoms with E-state index in [-0.39, 0.29) is 5.82 Å². The van der Waals surface area contributed by atoms with Crippen molar-refractivity contribution >= 4 is 5.96 Å². The second-order valence-electron chi connectivity index (χ2n) is 5.03. The molecule has 2 rings (SSSR count). The van der Waals surface area contributed by atoms with Gasteiger partial charge in [0.2, 0.25) is 0 Å². The van der Waals surface area contributed by atoms with Crippen molar-refractivity contribution in [3.63, 3.8) is 0 Å². The first-order valence-electron chi connectivity index (χ1n) is 7.53. The zero-order valence-electron chi connectivity index (χ0n) is 12.8. The predicted molar refractivity (Wildman–Crippen MR) is 86.6 cm³/mol. The van der Waals surface area contributed by atoms with E-state index in [1.165, 1.54) is 12.1 Å². The van der Waals surface area contributed by atoms with Crippen LogP contribution in [-0.2, 0) is 6.42 Å². The minimum absolute atomic E-state index is 0.252. The molecule has 0 spiro atoms. The maximum absolute atomic E-state index is 12.9. The minimum Gasteiger partial charge on any atom is -0.370 e. The summed E-state index contributed by atoms with van der Waals surface area (Å²) in [6.07, 6.45) is 4.77. The molecule has 0 saturated heterocycles. The summed E-state index contributed by atoms with van der Waals surface area (Å²) in [5, 5.41) is 7.53. The van der Waals surface area contributed by atoms with Crippen molar-refractivity contribution in [1.82, 2.24) is 15.1 Å². The molecule has 118 valence electrons. The molecule has 1 aromatic heterocycles. The Morgan fingerprint density at radius 3 is 2.82 bits per heavy atom. The van der Waals surface area contributed by atoms with Crippen molar-refractivity contribution in [1.29, 1.82) is 0 Å². The molecular formula is C16H22FN5. The number of benzene rings is 1. The lowest BCUT2D eigenvalue weighted by atomic mass is 10.3. The molecule has 0 aliphatic heterocycles. The van der Waals surface area contributed by atoms with Gasteiger partial charge in [-0.3, -0.25) is 4.99 Å². The number of hydrogen-bond acceptors (Lipinski definition) is 2. The van der Waals surface area contributed by atoms with Gasteiger partial charge in [0, 0.05) is 25.7 Å². The largest absolute Gasteiger partial charge is 0.370 e. The maximum atomic E-state index is 12.9. The average molecular weight is 303 g/mol. The number of nitrogens with zero attached hydrogens (tertiary/aromatic N) is 3. The number of nitrogens with one attached hydrogen (secondary N) is 1. The fraction of sp³-hybridized carbons (Fsp3) is 0.375. The van der Waals surface area contributed by atoms with Crippen molar-refractivity contribution in [3.8, 4) is 5.69 Å². The van der Waals surface area contributed by atoms with Crippen LogP contribution in [0.3, 0.4) is 0 Å². The van der Waals surface area contributed by atoms with Crippen LogP contribution < -0.4 is 11.1 Å². The third-order valence-corrected chi connectivity index (χ3v) is 3.22. The monoisotopic (exact) mass is 303 g/mol. The third kappa shape index (κ3) is 4.87. The number of hydrogen-bond donors (Lipinski definition) is 2. The second kappa shape index (κ2) is 8.17. The Hall–Kier alpha value is -2.37. The number of halogens is 1. The topological polar surface area (TPSA) is 68.2 Å². The van der Waals surface area contributed by atoms with E-state index in [0.29, 0.717) is 12.5 Å². The van der Waals surface area contributed by atoms with Gasteiger partial charge in [0.15, 0.2) is 5.96 Å². The van der Waals surface area contributed by atoms with Gasteiger partial charge in [-0.1, -0.05) is 13.3 Å². The first-order chi connectivity index (χ1) is 10.7. The van der Waals surface area contributed by atoms with Crippen molar-refractivity contribution in [3.05, 3.63) is 48.0 Å². The summed E-state index contributed by atoms with van der Waals surface area (Å²) in [6, 6.07) is 8.18. The van der Waals surface area contributed by atoms with Crippen LogP contribution in [0.25, 0.3) is 5.69 Å². The van der Waals surface area contributed by atoms with Crippen LogP contribution in [0.5, 0.6) is 0 Å². The number of aliphatic imine (C=N–C) groups is 1. The van der Waals surface area contributed by atoms with E-state index < -0.39 is 0 Å². The molecule has 0 radical (unpaired) electrons. The van der Waals surface area contributed by atoms with Crippen LogP contribution >= 0.6 is 0 Å². The van der Waals surface area contributed by atoms with E-state index in [0.717, 1.165) is 37.2 Å². The fourth-order valence-corrected chi connectivity index (χ4v) is 1.96. The molecule has 0 aliphatic rings. The van der Waals surface area contributed by atoms with Gasteiger partial charge < -0.3 is 11.1 Å². The van der Waals surface area contributed by atoms with Crippen LogP contribution in [0.2, 0.25) is 0 Å². The van der Waals surface area contributed by atoms with E-state index in [1.807, 2.05) is 12.3 Å². The first-order valence-corrected chi connectivity index (χ1v) is 7.53. The predicted octanol–water partition coefficient (Wildman–Crippen LogP) is 2.26. The standard InChI is InChI=1S/C16H22FN5/c1-2-3-10-19-16(18)20-11-8-14-9-12-22(21-14)15-6-4-13(17)5-7-15/h4-7,9,12H,2-3,8,10-11H2,1H3,(H3,18,19,20). The number of rotatable bonds is 7. The highest BCUT2D eigenvalue weighted by Gasteiger charge is 2.02. The summed E-state index contributed by atoms with van der Waals surface area (Å²) in [6.45, 7) is 3.56.